The van der Waals surface area contributed by atoms with E-state index in [1.807, 2.05) is 0 Å². The second-order valence-corrected chi connectivity index (χ2v) is 4.01. The molecule has 0 saturated heterocycles. The summed E-state index contributed by atoms with van der Waals surface area (Å²) >= 11 is 3.13. The van der Waals surface area contributed by atoms with Crippen LogP contribution in [0, 0.1) is 5.82 Å². The minimum Gasteiger partial charge on any atom is -0.472 e. The highest BCUT2D eigenvalue weighted by atomic mass is 79.9. The van der Waals surface area contributed by atoms with E-state index in [9.17, 15) is 9.18 Å². The van der Waals surface area contributed by atoms with Crippen LogP contribution in [0.2, 0.25) is 0 Å². The molecule has 0 saturated carbocycles. The van der Waals surface area contributed by atoms with Crippen LogP contribution in [0.25, 0.3) is 0 Å². The van der Waals surface area contributed by atoms with Gasteiger partial charge >= 0.3 is 0 Å². The van der Waals surface area contributed by atoms with Gasteiger partial charge in [0.2, 0.25) is 0 Å². The van der Waals surface area contributed by atoms with Gasteiger partial charge in [-0.3, -0.25) is 4.79 Å². The second kappa shape index (κ2) is 4.49. The first-order chi connectivity index (χ1) is 7.66. The number of furan rings is 1. The molecule has 0 atom stereocenters. The van der Waals surface area contributed by atoms with Gasteiger partial charge in [-0.15, -0.1) is 0 Å². The average molecular weight is 284 g/mol. The lowest BCUT2D eigenvalue weighted by Crippen LogP contribution is -2.11. The predicted octanol–water partition coefficient (Wildman–Crippen LogP) is 3.43. The maximum absolute atomic E-state index is 13.4. The molecule has 0 aliphatic rings. The van der Waals surface area contributed by atoms with Crippen molar-refractivity contribution in [1.29, 1.82) is 0 Å². The molecule has 0 aliphatic carbocycles. The highest BCUT2D eigenvalue weighted by Crippen LogP contribution is 2.19. The van der Waals surface area contributed by atoms with E-state index in [4.69, 9.17) is 4.42 Å². The first kappa shape index (κ1) is 10.9. The summed E-state index contributed by atoms with van der Waals surface area (Å²) in [5.41, 5.74) is 0.483. The molecule has 1 heterocycles. The van der Waals surface area contributed by atoms with Crippen molar-refractivity contribution >= 4 is 27.5 Å². The fourth-order valence-corrected chi connectivity index (χ4v) is 1.51. The normalized spacial score (nSPS) is 10.1. The molecule has 1 aromatic carbocycles. The smallest absolute Gasteiger partial charge is 0.258 e. The number of carbonyl (C=O) groups is 1. The Morgan fingerprint density at radius 1 is 1.38 bits per heavy atom. The van der Waals surface area contributed by atoms with Gasteiger partial charge in [0.25, 0.3) is 5.91 Å². The fourth-order valence-electron chi connectivity index (χ4n) is 1.18. The molecule has 0 unspecified atom stereocenters. The van der Waals surface area contributed by atoms with Gasteiger partial charge < -0.3 is 9.73 Å². The molecule has 16 heavy (non-hydrogen) atoms. The lowest BCUT2D eigenvalue weighted by Gasteiger charge is -2.04. The minimum absolute atomic E-state index is 0.134. The quantitative estimate of drug-likeness (QED) is 0.918. The van der Waals surface area contributed by atoms with Crippen LogP contribution in [0.5, 0.6) is 0 Å². The standard InChI is InChI=1S/C11H7BrFNO2/c12-8-1-2-10(9(13)5-8)14-11(15)7-3-4-16-6-7/h1-6H,(H,14,15). The summed E-state index contributed by atoms with van der Waals surface area (Å²) in [6.45, 7) is 0. The van der Waals surface area contributed by atoms with Crippen molar-refractivity contribution in [3.8, 4) is 0 Å². The van der Waals surface area contributed by atoms with Gasteiger partial charge in [0.05, 0.1) is 17.5 Å². The Labute approximate surface area is 99.4 Å². The van der Waals surface area contributed by atoms with E-state index < -0.39 is 11.7 Å². The van der Waals surface area contributed by atoms with Crippen molar-refractivity contribution in [1.82, 2.24) is 0 Å². The van der Waals surface area contributed by atoms with Crippen molar-refractivity contribution in [2.45, 2.75) is 0 Å². The third-order valence-corrected chi connectivity index (χ3v) is 2.46. The van der Waals surface area contributed by atoms with Crippen LogP contribution < -0.4 is 5.32 Å². The molecule has 0 spiro atoms. The number of amides is 1. The van der Waals surface area contributed by atoms with Crippen molar-refractivity contribution in [3.05, 3.63) is 52.6 Å². The Morgan fingerprint density at radius 3 is 2.81 bits per heavy atom. The lowest BCUT2D eigenvalue weighted by molar-refractivity contribution is 0.102. The van der Waals surface area contributed by atoms with E-state index in [-0.39, 0.29) is 5.69 Å². The van der Waals surface area contributed by atoms with Crippen LogP contribution in [0.1, 0.15) is 10.4 Å². The van der Waals surface area contributed by atoms with Gasteiger partial charge in [-0.2, -0.15) is 0 Å². The molecule has 0 bridgehead atoms. The number of anilines is 1. The Balaban J connectivity index is 2.18. The van der Waals surface area contributed by atoms with Crippen molar-refractivity contribution in [2.75, 3.05) is 5.32 Å². The Morgan fingerprint density at radius 2 is 2.19 bits per heavy atom. The molecular formula is C11H7BrFNO2. The van der Waals surface area contributed by atoms with Crippen molar-refractivity contribution < 1.29 is 13.6 Å². The first-order valence-corrected chi connectivity index (χ1v) is 5.25. The van der Waals surface area contributed by atoms with Gasteiger partial charge in [-0.05, 0) is 24.3 Å². The monoisotopic (exact) mass is 283 g/mol. The Kier molecular flexibility index (Phi) is 3.05. The van der Waals surface area contributed by atoms with Crippen LogP contribution in [-0.2, 0) is 0 Å². The zero-order chi connectivity index (χ0) is 11.5. The van der Waals surface area contributed by atoms with Crippen molar-refractivity contribution in [3.63, 3.8) is 0 Å². The number of hydrogen-bond acceptors (Lipinski definition) is 2. The second-order valence-electron chi connectivity index (χ2n) is 3.09. The number of benzene rings is 1. The maximum atomic E-state index is 13.4. The molecule has 0 radical (unpaired) electrons. The first-order valence-electron chi connectivity index (χ1n) is 4.45. The highest BCUT2D eigenvalue weighted by Gasteiger charge is 2.10. The summed E-state index contributed by atoms with van der Waals surface area (Å²) < 4.78 is 18.8. The third-order valence-electron chi connectivity index (χ3n) is 1.96. The van der Waals surface area contributed by atoms with E-state index in [1.54, 1.807) is 6.07 Å². The molecule has 2 aromatic rings. The van der Waals surface area contributed by atoms with E-state index in [1.165, 1.54) is 30.7 Å². The number of hydrogen-bond donors (Lipinski definition) is 1. The molecule has 2 rings (SSSR count). The number of rotatable bonds is 2. The summed E-state index contributed by atoms with van der Waals surface area (Å²) in [7, 11) is 0. The Hall–Kier alpha value is -1.62. The maximum Gasteiger partial charge on any atom is 0.258 e. The van der Waals surface area contributed by atoms with Gasteiger partial charge in [0.15, 0.2) is 0 Å². The van der Waals surface area contributed by atoms with Gasteiger partial charge in [-0.1, -0.05) is 15.9 Å². The number of halogens is 2. The third kappa shape index (κ3) is 2.30. The largest absolute Gasteiger partial charge is 0.472 e. The summed E-state index contributed by atoms with van der Waals surface area (Å²) in [6.07, 6.45) is 2.68. The van der Waals surface area contributed by atoms with E-state index in [0.29, 0.717) is 10.0 Å². The van der Waals surface area contributed by atoms with Gasteiger partial charge in [0, 0.05) is 4.47 Å². The van der Waals surface area contributed by atoms with Crippen molar-refractivity contribution in [2.24, 2.45) is 0 Å². The summed E-state index contributed by atoms with van der Waals surface area (Å²) in [4.78, 5) is 11.6. The van der Waals surface area contributed by atoms with E-state index in [2.05, 4.69) is 21.2 Å². The summed E-state index contributed by atoms with van der Waals surface area (Å²) in [6, 6.07) is 5.92. The molecule has 1 N–H and O–H groups in total. The average Bonchev–Trinajstić information content (AvgIpc) is 2.75. The molecule has 0 fully saturated rings. The molecule has 82 valence electrons. The van der Waals surface area contributed by atoms with Gasteiger partial charge in [0.1, 0.15) is 12.1 Å². The minimum atomic E-state index is -0.494. The molecule has 5 heteroatoms. The molecular weight excluding hydrogens is 277 g/mol. The summed E-state index contributed by atoms with van der Waals surface area (Å²) in [5, 5.41) is 2.45. The van der Waals surface area contributed by atoms with E-state index in [0.717, 1.165) is 0 Å². The topological polar surface area (TPSA) is 42.2 Å². The number of nitrogens with one attached hydrogen (secondary N) is 1. The van der Waals surface area contributed by atoms with Crippen LogP contribution in [0.3, 0.4) is 0 Å². The van der Waals surface area contributed by atoms with Crippen LogP contribution in [-0.4, -0.2) is 5.91 Å². The van der Waals surface area contributed by atoms with Crippen LogP contribution in [0.15, 0.2) is 45.7 Å². The zero-order valence-electron chi connectivity index (χ0n) is 8.04. The SMILES string of the molecule is O=C(Nc1ccc(Br)cc1F)c1ccoc1. The van der Waals surface area contributed by atoms with Gasteiger partial charge in [-0.25, -0.2) is 4.39 Å². The van der Waals surface area contributed by atoms with Crippen LogP contribution >= 0.6 is 15.9 Å². The predicted molar refractivity (Wildman–Crippen MR) is 60.8 cm³/mol. The highest BCUT2D eigenvalue weighted by molar-refractivity contribution is 9.10. The van der Waals surface area contributed by atoms with Crippen LogP contribution in [0.4, 0.5) is 10.1 Å². The number of carbonyl (C=O) groups excluding carboxylic acids is 1. The summed E-state index contributed by atoms with van der Waals surface area (Å²) in [5.74, 6) is -0.902. The fraction of sp³-hybridized carbons (Fsp3) is 0. The lowest BCUT2D eigenvalue weighted by atomic mass is 10.2. The molecule has 3 nitrogen and oxygen atoms in total. The molecule has 1 amide bonds. The molecule has 1 aromatic heterocycles. The van der Waals surface area contributed by atoms with E-state index >= 15 is 0 Å². The zero-order valence-corrected chi connectivity index (χ0v) is 9.62. The molecule has 0 aliphatic heterocycles. The Bertz CT molecular complexity index is 511.